The van der Waals surface area contributed by atoms with Crippen LogP contribution in [0.1, 0.15) is 37.0 Å². The molecule has 20 heavy (non-hydrogen) atoms. The Bertz CT molecular complexity index is 566. The third-order valence-electron chi connectivity index (χ3n) is 3.49. The molecule has 0 saturated carbocycles. The van der Waals surface area contributed by atoms with Crippen molar-refractivity contribution in [2.75, 3.05) is 0 Å². The average Bonchev–Trinajstić information content (AvgIpc) is 2.93. The van der Waals surface area contributed by atoms with E-state index in [2.05, 4.69) is 22.3 Å². The highest BCUT2D eigenvalue weighted by Crippen LogP contribution is 2.22. The smallest absolute Gasteiger partial charge is 0.307 e. The molecule has 1 aromatic heterocycles. The number of aryl methyl sites for hydroxylation is 2. The first-order valence-corrected chi connectivity index (χ1v) is 6.67. The second-order valence-corrected chi connectivity index (χ2v) is 4.95. The highest BCUT2D eigenvalue weighted by Gasteiger charge is 2.25. The van der Waals surface area contributed by atoms with Crippen LogP contribution in [-0.2, 0) is 17.6 Å². The van der Waals surface area contributed by atoms with Crippen molar-refractivity contribution in [3.63, 3.8) is 0 Å². The van der Waals surface area contributed by atoms with E-state index >= 15 is 0 Å². The molecule has 0 amide bonds. The molecule has 0 bridgehead atoms. The van der Waals surface area contributed by atoms with Crippen molar-refractivity contribution in [2.45, 2.75) is 32.6 Å². The molecule has 5 nitrogen and oxygen atoms in total. The number of hydrogen-bond acceptors (Lipinski definition) is 4. The maximum atomic E-state index is 10.9. The molecule has 1 aromatic carbocycles. The van der Waals surface area contributed by atoms with Crippen LogP contribution < -0.4 is 0 Å². The molecule has 0 saturated heterocycles. The summed E-state index contributed by atoms with van der Waals surface area (Å²) in [6, 6.07) is 10.1. The molecule has 2 rings (SSSR count). The first-order valence-electron chi connectivity index (χ1n) is 6.67. The third kappa shape index (κ3) is 3.44. The Kier molecular flexibility index (Phi) is 4.50. The Morgan fingerprint density at radius 2 is 1.95 bits per heavy atom. The third-order valence-corrected chi connectivity index (χ3v) is 3.49. The van der Waals surface area contributed by atoms with E-state index < -0.39 is 11.9 Å². The summed E-state index contributed by atoms with van der Waals surface area (Å²) in [5.74, 6) is -0.680. The summed E-state index contributed by atoms with van der Waals surface area (Å²) in [4.78, 5) is 15.2. The molecule has 2 aromatic rings. The SMILES string of the molecule is CC(C(=O)O)C(C)c1nc(CCc2ccccc2)no1. The van der Waals surface area contributed by atoms with Gasteiger partial charge in [-0.25, -0.2) is 0 Å². The summed E-state index contributed by atoms with van der Waals surface area (Å²) >= 11 is 0. The van der Waals surface area contributed by atoms with Gasteiger partial charge in [-0.3, -0.25) is 4.79 Å². The van der Waals surface area contributed by atoms with Gasteiger partial charge in [-0.2, -0.15) is 4.98 Å². The lowest BCUT2D eigenvalue weighted by Crippen LogP contribution is -2.16. The highest BCUT2D eigenvalue weighted by atomic mass is 16.5. The van der Waals surface area contributed by atoms with E-state index in [1.807, 2.05) is 18.2 Å². The number of aliphatic carboxylic acids is 1. The number of hydrogen-bond donors (Lipinski definition) is 1. The molecule has 5 heteroatoms. The summed E-state index contributed by atoms with van der Waals surface area (Å²) in [6.45, 7) is 3.42. The molecular weight excluding hydrogens is 256 g/mol. The fourth-order valence-corrected chi connectivity index (χ4v) is 1.88. The Hall–Kier alpha value is -2.17. The fourth-order valence-electron chi connectivity index (χ4n) is 1.88. The zero-order chi connectivity index (χ0) is 14.5. The molecule has 1 N–H and O–H groups in total. The van der Waals surface area contributed by atoms with Crippen molar-refractivity contribution in [1.29, 1.82) is 0 Å². The molecule has 0 spiro atoms. The van der Waals surface area contributed by atoms with Crippen molar-refractivity contribution < 1.29 is 14.4 Å². The van der Waals surface area contributed by atoms with Crippen molar-refractivity contribution in [3.8, 4) is 0 Å². The molecule has 2 unspecified atom stereocenters. The minimum Gasteiger partial charge on any atom is -0.481 e. The standard InChI is InChI=1S/C15H18N2O3/c1-10(11(2)15(18)19)14-16-13(17-20-14)9-8-12-6-4-3-5-7-12/h3-7,10-11H,8-9H2,1-2H3,(H,18,19). The molecule has 0 aliphatic rings. The maximum Gasteiger partial charge on any atom is 0.307 e. The number of benzene rings is 1. The van der Waals surface area contributed by atoms with E-state index in [1.165, 1.54) is 5.56 Å². The van der Waals surface area contributed by atoms with Crippen LogP contribution >= 0.6 is 0 Å². The second kappa shape index (κ2) is 6.32. The minimum absolute atomic E-state index is 0.287. The van der Waals surface area contributed by atoms with Gasteiger partial charge in [0.05, 0.1) is 5.92 Å². The summed E-state index contributed by atoms with van der Waals surface area (Å²) in [5.41, 5.74) is 1.21. The van der Waals surface area contributed by atoms with E-state index in [1.54, 1.807) is 13.8 Å². The Labute approximate surface area is 117 Å². The zero-order valence-corrected chi connectivity index (χ0v) is 11.6. The van der Waals surface area contributed by atoms with Crippen LogP contribution in [0, 0.1) is 5.92 Å². The Balaban J connectivity index is 1.97. The predicted molar refractivity (Wildman–Crippen MR) is 73.4 cm³/mol. The second-order valence-electron chi connectivity index (χ2n) is 4.95. The van der Waals surface area contributed by atoms with Crippen molar-refractivity contribution in [2.24, 2.45) is 5.92 Å². The van der Waals surface area contributed by atoms with Gasteiger partial charge in [0.1, 0.15) is 0 Å². The van der Waals surface area contributed by atoms with Crippen molar-refractivity contribution in [3.05, 3.63) is 47.6 Å². The van der Waals surface area contributed by atoms with Gasteiger partial charge in [-0.1, -0.05) is 49.3 Å². The molecule has 0 radical (unpaired) electrons. The van der Waals surface area contributed by atoms with E-state index in [4.69, 9.17) is 9.63 Å². The van der Waals surface area contributed by atoms with Crippen LogP contribution in [0.5, 0.6) is 0 Å². The maximum absolute atomic E-state index is 10.9. The lowest BCUT2D eigenvalue weighted by atomic mass is 9.96. The number of aromatic nitrogens is 2. The van der Waals surface area contributed by atoms with Crippen LogP contribution in [0.4, 0.5) is 0 Å². The largest absolute Gasteiger partial charge is 0.481 e. The van der Waals surface area contributed by atoms with Gasteiger partial charge in [0.15, 0.2) is 5.82 Å². The molecule has 0 aliphatic heterocycles. The number of rotatable bonds is 6. The van der Waals surface area contributed by atoms with Crippen LogP contribution in [0.25, 0.3) is 0 Å². The molecular formula is C15H18N2O3. The molecule has 2 atom stereocenters. The Morgan fingerprint density at radius 1 is 1.25 bits per heavy atom. The molecule has 0 fully saturated rings. The van der Waals surface area contributed by atoms with Gasteiger partial charge in [0, 0.05) is 12.3 Å². The molecule has 106 valence electrons. The number of carbonyl (C=O) groups is 1. The van der Waals surface area contributed by atoms with Crippen molar-refractivity contribution >= 4 is 5.97 Å². The molecule has 0 aliphatic carbocycles. The van der Waals surface area contributed by atoms with Gasteiger partial charge in [0.25, 0.3) is 0 Å². The van der Waals surface area contributed by atoms with E-state index in [0.29, 0.717) is 18.1 Å². The summed E-state index contributed by atoms with van der Waals surface area (Å²) < 4.78 is 5.16. The average molecular weight is 274 g/mol. The highest BCUT2D eigenvalue weighted by molar-refractivity contribution is 5.70. The normalized spacial score (nSPS) is 13.9. The zero-order valence-electron chi connectivity index (χ0n) is 11.6. The lowest BCUT2D eigenvalue weighted by molar-refractivity contribution is -0.141. The summed E-state index contributed by atoms with van der Waals surface area (Å²) in [7, 11) is 0. The first kappa shape index (κ1) is 14.2. The van der Waals surface area contributed by atoms with E-state index in [0.717, 1.165) is 6.42 Å². The number of nitrogens with zero attached hydrogens (tertiary/aromatic N) is 2. The van der Waals surface area contributed by atoms with Crippen LogP contribution in [0.2, 0.25) is 0 Å². The quantitative estimate of drug-likeness (QED) is 0.876. The van der Waals surface area contributed by atoms with Gasteiger partial charge < -0.3 is 9.63 Å². The lowest BCUT2D eigenvalue weighted by Gasteiger charge is -2.10. The fraction of sp³-hybridized carbons (Fsp3) is 0.400. The van der Waals surface area contributed by atoms with E-state index in [9.17, 15) is 4.79 Å². The van der Waals surface area contributed by atoms with Gasteiger partial charge in [-0.05, 0) is 12.0 Å². The van der Waals surface area contributed by atoms with Gasteiger partial charge in [-0.15, -0.1) is 0 Å². The topological polar surface area (TPSA) is 76.2 Å². The van der Waals surface area contributed by atoms with Crippen LogP contribution in [-0.4, -0.2) is 21.2 Å². The Morgan fingerprint density at radius 3 is 2.60 bits per heavy atom. The predicted octanol–water partition coefficient (Wildman–Crippen LogP) is 2.68. The van der Waals surface area contributed by atoms with E-state index in [-0.39, 0.29) is 5.92 Å². The van der Waals surface area contributed by atoms with Gasteiger partial charge >= 0.3 is 5.97 Å². The number of carboxylic acid groups (broad SMARTS) is 1. The minimum atomic E-state index is -0.860. The molecule has 1 heterocycles. The summed E-state index contributed by atoms with van der Waals surface area (Å²) in [5, 5.41) is 12.9. The van der Waals surface area contributed by atoms with Crippen molar-refractivity contribution in [1.82, 2.24) is 10.1 Å². The van der Waals surface area contributed by atoms with Crippen LogP contribution in [0.3, 0.4) is 0 Å². The van der Waals surface area contributed by atoms with Crippen LogP contribution in [0.15, 0.2) is 34.9 Å². The number of carboxylic acids is 1. The summed E-state index contributed by atoms with van der Waals surface area (Å²) in [6.07, 6.45) is 1.52. The first-order chi connectivity index (χ1) is 9.58. The van der Waals surface area contributed by atoms with Gasteiger partial charge in [0.2, 0.25) is 5.89 Å². The monoisotopic (exact) mass is 274 g/mol.